The summed E-state index contributed by atoms with van der Waals surface area (Å²) in [6.07, 6.45) is 6.05. The first-order valence-electron chi connectivity index (χ1n) is 7.78. The van der Waals surface area contributed by atoms with Crippen molar-refractivity contribution in [3.8, 4) is 0 Å². The summed E-state index contributed by atoms with van der Waals surface area (Å²) < 4.78 is 0.913. The summed E-state index contributed by atoms with van der Waals surface area (Å²) in [6.45, 7) is 6.98. The highest BCUT2D eigenvalue weighted by atomic mass is 79.9. The number of hydrogen-bond acceptors (Lipinski definition) is 4. The van der Waals surface area contributed by atoms with Crippen LogP contribution in [0.3, 0.4) is 0 Å². The van der Waals surface area contributed by atoms with Crippen LogP contribution >= 0.6 is 15.9 Å². The van der Waals surface area contributed by atoms with E-state index in [0.717, 1.165) is 48.2 Å². The first-order valence-corrected chi connectivity index (χ1v) is 8.58. The van der Waals surface area contributed by atoms with Gasteiger partial charge in [-0.1, -0.05) is 6.92 Å². The molecule has 0 spiro atoms. The van der Waals surface area contributed by atoms with Crippen LogP contribution in [0.2, 0.25) is 0 Å². The van der Waals surface area contributed by atoms with Gasteiger partial charge in [0.05, 0.1) is 0 Å². The van der Waals surface area contributed by atoms with E-state index < -0.39 is 0 Å². The summed E-state index contributed by atoms with van der Waals surface area (Å²) in [6, 6.07) is 2.78. The lowest BCUT2D eigenvalue weighted by molar-refractivity contribution is 0.260. The molecule has 0 bridgehead atoms. The lowest BCUT2D eigenvalue weighted by Gasteiger charge is -2.24. The van der Waals surface area contributed by atoms with Crippen LogP contribution in [0.1, 0.15) is 38.4 Å². The minimum atomic E-state index is 0.723. The van der Waals surface area contributed by atoms with Crippen molar-refractivity contribution in [3.05, 3.63) is 16.5 Å². The van der Waals surface area contributed by atoms with E-state index in [1.165, 1.54) is 32.4 Å². The maximum atomic E-state index is 4.73. The fourth-order valence-electron chi connectivity index (χ4n) is 3.30. The molecule has 2 aliphatic rings. The predicted molar refractivity (Wildman–Crippen MR) is 85.2 cm³/mol. The van der Waals surface area contributed by atoms with Gasteiger partial charge in [0.1, 0.15) is 16.2 Å². The van der Waals surface area contributed by atoms with E-state index in [9.17, 15) is 0 Å². The van der Waals surface area contributed by atoms with Gasteiger partial charge >= 0.3 is 0 Å². The van der Waals surface area contributed by atoms with Crippen molar-refractivity contribution in [1.82, 2.24) is 14.9 Å². The molecule has 0 aliphatic carbocycles. The lowest BCUT2D eigenvalue weighted by atomic mass is 10.2. The Balaban J connectivity index is 1.70. The first kappa shape index (κ1) is 14.3. The second-order valence-electron chi connectivity index (χ2n) is 5.85. The largest absolute Gasteiger partial charge is 0.355 e. The number of halogens is 1. The van der Waals surface area contributed by atoms with E-state index in [1.807, 2.05) is 0 Å². The molecule has 0 amide bonds. The topological polar surface area (TPSA) is 32.3 Å². The second kappa shape index (κ2) is 6.39. The fraction of sp³-hybridized carbons (Fsp3) is 0.733. The third-order valence-electron chi connectivity index (χ3n) is 4.35. The average Bonchev–Trinajstić information content (AvgIpc) is 3.10. The van der Waals surface area contributed by atoms with Gasteiger partial charge in [-0.05, 0) is 54.7 Å². The Bertz CT molecular complexity index is 459. The zero-order valence-electron chi connectivity index (χ0n) is 12.2. The molecule has 3 heterocycles. The summed E-state index contributed by atoms with van der Waals surface area (Å²) in [4.78, 5) is 14.3. The number of nitrogens with zero attached hydrogens (tertiary/aromatic N) is 4. The molecule has 2 aliphatic heterocycles. The van der Waals surface area contributed by atoms with E-state index in [0.29, 0.717) is 0 Å². The highest BCUT2D eigenvalue weighted by molar-refractivity contribution is 9.10. The van der Waals surface area contributed by atoms with Crippen LogP contribution < -0.4 is 4.90 Å². The SMILES string of the molecule is CCCc1nc(Br)cc(N2CCC(N3CCCC3)C2)n1. The van der Waals surface area contributed by atoms with Gasteiger partial charge in [0, 0.05) is 31.6 Å². The Morgan fingerprint density at radius 1 is 1.25 bits per heavy atom. The third kappa shape index (κ3) is 3.14. The summed E-state index contributed by atoms with van der Waals surface area (Å²) in [5, 5.41) is 0. The second-order valence-corrected chi connectivity index (χ2v) is 6.66. The molecule has 0 aromatic carbocycles. The van der Waals surface area contributed by atoms with Crippen molar-refractivity contribution in [2.45, 2.75) is 45.1 Å². The maximum Gasteiger partial charge on any atom is 0.133 e. The Kier molecular flexibility index (Phi) is 4.56. The van der Waals surface area contributed by atoms with Gasteiger partial charge < -0.3 is 4.90 Å². The maximum absolute atomic E-state index is 4.73. The van der Waals surface area contributed by atoms with E-state index in [4.69, 9.17) is 4.98 Å². The Hall–Kier alpha value is -0.680. The van der Waals surface area contributed by atoms with Crippen LogP contribution in [-0.2, 0) is 6.42 Å². The van der Waals surface area contributed by atoms with Crippen LogP contribution in [0.4, 0.5) is 5.82 Å². The van der Waals surface area contributed by atoms with Crippen molar-refractivity contribution >= 4 is 21.7 Å². The number of aryl methyl sites for hydroxylation is 1. The summed E-state index contributed by atoms with van der Waals surface area (Å²) in [5.41, 5.74) is 0. The highest BCUT2D eigenvalue weighted by Crippen LogP contribution is 2.25. The molecule has 2 fully saturated rings. The third-order valence-corrected chi connectivity index (χ3v) is 4.75. The van der Waals surface area contributed by atoms with E-state index in [-0.39, 0.29) is 0 Å². The molecule has 20 heavy (non-hydrogen) atoms. The average molecular weight is 339 g/mol. The molecular weight excluding hydrogens is 316 g/mol. The molecule has 0 N–H and O–H groups in total. The fourth-order valence-corrected chi connectivity index (χ4v) is 3.71. The molecule has 0 saturated carbocycles. The van der Waals surface area contributed by atoms with Crippen LogP contribution in [0.5, 0.6) is 0 Å². The molecule has 3 rings (SSSR count). The zero-order valence-corrected chi connectivity index (χ0v) is 13.8. The predicted octanol–water partition coefficient (Wildman–Crippen LogP) is 2.87. The molecule has 1 unspecified atom stereocenters. The molecule has 1 aromatic heterocycles. The van der Waals surface area contributed by atoms with Gasteiger partial charge in [0.25, 0.3) is 0 Å². The molecule has 1 aromatic rings. The Morgan fingerprint density at radius 2 is 2.05 bits per heavy atom. The van der Waals surface area contributed by atoms with E-state index in [1.54, 1.807) is 0 Å². The van der Waals surface area contributed by atoms with Crippen molar-refractivity contribution in [3.63, 3.8) is 0 Å². The number of hydrogen-bond donors (Lipinski definition) is 0. The van der Waals surface area contributed by atoms with Crippen molar-refractivity contribution in [2.75, 3.05) is 31.1 Å². The van der Waals surface area contributed by atoms with Crippen molar-refractivity contribution < 1.29 is 0 Å². The highest BCUT2D eigenvalue weighted by Gasteiger charge is 2.30. The van der Waals surface area contributed by atoms with Gasteiger partial charge in [0.15, 0.2) is 0 Å². The lowest BCUT2D eigenvalue weighted by Crippen LogP contribution is -2.35. The van der Waals surface area contributed by atoms with Crippen LogP contribution in [0.15, 0.2) is 10.7 Å². The first-order chi connectivity index (χ1) is 9.76. The standard InChI is InChI=1S/C15H23BrN4/c1-2-5-14-17-13(16)10-15(18-14)20-9-6-12(11-20)19-7-3-4-8-19/h10,12H,2-9,11H2,1H3. The molecule has 2 saturated heterocycles. The molecule has 110 valence electrons. The normalized spacial score (nSPS) is 23.7. The van der Waals surface area contributed by atoms with E-state index >= 15 is 0 Å². The van der Waals surface area contributed by atoms with Gasteiger partial charge in [-0.25, -0.2) is 9.97 Å². The van der Waals surface area contributed by atoms with Crippen LogP contribution in [0, 0.1) is 0 Å². The quantitative estimate of drug-likeness (QED) is 0.790. The molecule has 4 nitrogen and oxygen atoms in total. The van der Waals surface area contributed by atoms with Crippen LogP contribution in [0.25, 0.3) is 0 Å². The number of likely N-dealkylation sites (tertiary alicyclic amines) is 1. The summed E-state index contributed by atoms with van der Waals surface area (Å²) >= 11 is 3.52. The van der Waals surface area contributed by atoms with Crippen LogP contribution in [-0.4, -0.2) is 47.1 Å². The molecule has 1 atom stereocenters. The van der Waals surface area contributed by atoms with E-state index in [2.05, 4.69) is 43.7 Å². The minimum absolute atomic E-state index is 0.723. The molecule has 0 radical (unpaired) electrons. The smallest absolute Gasteiger partial charge is 0.133 e. The molecule has 5 heteroatoms. The number of anilines is 1. The molecular formula is C15H23BrN4. The monoisotopic (exact) mass is 338 g/mol. The van der Waals surface area contributed by atoms with Crippen molar-refractivity contribution in [2.24, 2.45) is 0 Å². The minimum Gasteiger partial charge on any atom is -0.355 e. The van der Waals surface area contributed by atoms with Gasteiger partial charge in [-0.3, -0.25) is 4.90 Å². The summed E-state index contributed by atoms with van der Waals surface area (Å²) in [7, 11) is 0. The Morgan fingerprint density at radius 3 is 2.80 bits per heavy atom. The Labute approximate surface area is 129 Å². The zero-order chi connectivity index (χ0) is 13.9. The summed E-state index contributed by atoms with van der Waals surface area (Å²) in [5.74, 6) is 2.05. The van der Waals surface area contributed by atoms with Crippen molar-refractivity contribution in [1.29, 1.82) is 0 Å². The van der Waals surface area contributed by atoms with Gasteiger partial charge in [-0.2, -0.15) is 0 Å². The van der Waals surface area contributed by atoms with Gasteiger partial charge in [0.2, 0.25) is 0 Å². The number of rotatable bonds is 4. The number of aromatic nitrogens is 2. The van der Waals surface area contributed by atoms with Gasteiger partial charge in [-0.15, -0.1) is 0 Å².